The van der Waals surface area contributed by atoms with Crippen LogP contribution in [0.4, 0.5) is 0 Å². The second-order valence-corrected chi connectivity index (χ2v) is 5.17. The van der Waals surface area contributed by atoms with Crippen LogP contribution in [0.5, 0.6) is 5.75 Å². The topological polar surface area (TPSA) is 30.5 Å². The van der Waals surface area contributed by atoms with Crippen LogP contribution in [-0.2, 0) is 11.3 Å². The Balaban J connectivity index is 1.82. The summed E-state index contributed by atoms with van der Waals surface area (Å²) in [6.45, 7) is 7.33. The average molecular weight is 263 g/mol. The van der Waals surface area contributed by atoms with Crippen LogP contribution in [0.15, 0.2) is 18.2 Å². The van der Waals surface area contributed by atoms with E-state index in [0.29, 0.717) is 0 Å². The molecule has 0 radical (unpaired) electrons. The summed E-state index contributed by atoms with van der Waals surface area (Å²) in [5.41, 5.74) is 2.55. The van der Waals surface area contributed by atoms with Gasteiger partial charge in [0.25, 0.3) is 0 Å². The molecule has 1 fully saturated rings. The van der Waals surface area contributed by atoms with Gasteiger partial charge in [-0.15, -0.1) is 0 Å². The minimum atomic E-state index is 0.722. The number of rotatable bonds is 9. The molecule has 0 saturated heterocycles. The Morgan fingerprint density at radius 3 is 2.84 bits per heavy atom. The lowest BCUT2D eigenvalue weighted by Crippen LogP contribution is -2.16. The minimum absolute atomic E-state index is 0.722. The van der Waals surface area contributed by atoms with E-state index in [4.69, 9.17) is 9.47 Å². The molecule has 1 saturated carbocycles. The van der Waals surface area contributed by atoms with Gasteiger partial charge in [-0.2, -0.15) is 0 Å². The summed E-state index contributed by atoms with van der Waals surface area (Å²) >= 11 is 0. The van der Waals surface area contributed by atoms with Gasteiger partial charge in [-0.25, -0.2) is 0 Å². The molecule has 0 amide bonds. The van der Waals surface area contributed by atoms with Crippen molar-refractivity contribution in [3.8, 4) is 5.75 Å². The Morgan fingerprint density at radius 1 is 1.26 bits per heavy atom. The lowest BCUT2D eigenvalue weighted by atomic mass is 10.1. The standard InChI is InChI=1S/C16H25NO2/c1-3-18-9-4-10-19-16-8-5-13(2)11-14(16)12-17-15-6-7-15/h5,8,11,15,17H,3-4,6-7,9-10,12H2,1-2H3. The fourth-order valence-corrected chi connectivity index (χ4v) is 2.02. The third-order valence-corrected chi connectivity index (χ3v) is 3.27. The molecule has 1 aromatic rings. The Morgan fingerprint density at radius 2 is 2.11 bits per heavy atom. The molecule has 0 unspecified atom stereocenters. The van der Waals surface area contributed by atoms with Crippen LogP contribution in [0.3, 0.4) is 0 Å². The van der Waals surface area contributed by atoms with Crippen molar-refractivity contribution < 1.29 is 9.47 Å². The van der Waals surface area contributed by atoms with Crippen molar-refractivity contribution in [2.24, 2.45) is 0 Å². The van der Waals surface area contributed by atoms with Crippen molar-refractivity contribution in [1.82, 2.24) is 5.32 Å². The maximum absolute atomic E-state index is 5.87. The minimum Gasteiger partial charge on any atom is -0.493 e. The van der Waals surface area contributed by atoms with Gasteiger partial charge in [-0.1, -0.05) is 17.7 Å². The number of benzene rings is 1. The predicted octanol–water partition coefficient (Wildman–Crippen LogP) is 3.05. The van der Waals surface area contributed by atoms with Gasteiger partial charge in [-0.3, -0.25) is 0 Å². The zero-order valence-electron chi connectivity index (χ0n) is 12.1. The van der Waals surface area contributed by atoms with E-state index in [9.17, 15) is 0 Å². The molecule has 1 aromatic carbocycles. The lowest BCUT2D eigenvalue weighted by molar-refractivity contribution is 0.130. The van der Waals surface area contributed by atoms with Crippen LogP contribution in [0.2, 0.25) is 0 Å². The SMILES string of the molecule is CCOCCCOc1ccc(C)cc1CNC1CC1. The number of hydrogen-bond acceptors (Lipinski definition) is 3. The third kappa shape index (κ3) is 5.21. The van der Waals surface area contributed by atoms with Gasteiger partial charge >= 0.3 is 0 Å². The van der Waals surface area contributed by atoms with Crippen LogP contribution in [-0.4, -0.2) is 25.9 Å². The van der Waals surface area contributed by atoms with E-state index in [0.717, 1.165) is 44.6 Å². The monoisotopic (exact) mass is 263 g/mol. The first-order valence-electron chi connectivity index (χ1n) is 7.33. The molecular weight excluding hydrogens is 238 g/mol. The molecule has 3 nitrogen and oxygen atoms in total. The molecule has 106 valence electrons. The Bertz CT molecular complexity index is 388. The predicted molar refractivity (Wildman–Crippen MR) is 77.6 cm³/mol. The highest BCUT2D eigenvalue weighted by atomic mass is 16.5. The fraction of sp³-hybridized carbons (Fsp3) is 0.625. The number of ether oxygens (including phenoxy) is 2. The highest BCUT2D eigenvalue weighted by Crippen LogP contribution is 2.23. The molecule has 3 heteroatoms. The van der Waals surface area contributed by atoms with E-state index in [2.05, 4.69) is 30.4 Å². The van der Waals surface area contributed by atoms with Gasteiger partial charge < -0.3 is 14.8 Å². The summed E-state index contributed by atoms with van der Waals surface area (Å²) in [6.07, 6.45) is 3.57. The van der Waals surface area contributed by atoms with Gasteiger partial charge in [0.15, 0.2) is 0 Å². The van der Waals surface area contributed by atoms with Gasteiger partial charge in [0.2, 0.25) is 0 Å². The Kier molecular flexibility index (Phi) is 5.67. The molecule has 0 heterocycles. The zero-order valence-corrected chi connectivity index (χ0v) is 12.1. The number of hydrogen-bond donors (Lipinski definition) is 1. The van der Waals surface area contributed by atoms with Crippen LogP contribution in [0.1, 0.15) is 37.3 Å². The smallest absolute Gasteiger partial charge is 0.123 e. The van der Waals surface area contributed by atoms with Crippen molar-refractivity contribution in [2.75, 3.05) is 19.8 Å². The largest absolute Gasteiger partial charge is 0.493 e. The summed E-state index contributed by atoms with van der Waals surface area (Å²) in [4.78, 5) is 0. The summed E-state index contributed by atoms with van der Waals surface area (Å²) in [5, 5.41) is 3.55. The summed E-state index contributed by atoms with van der Waals surface area (Å²) in [6, 6.07) is 7.14. The van der Waals surface area contributed by atoms with E-state index >= 15 is 0 Å². The summed E-state index contributed by atoms with van der Waals surface area (Å²) < 4.78 is 11.2. The van der Waals surface area contributed by atoms with Crippen molar-refractivity contribution in [3.63, 3.8) is 0 Å². The molecule has 19 heavy (non-hydrogen) atoms. The van der Waals surface area contributed by atoms with Crippen molar-refractivity contribution in [3.05, 3.63) is 29.3 Å². The summed E-state index contributed by atoms with van der Waals surface area (Å²) in [5.74, 6) is 1.01. The van der Waals surface area contributed by atoms with Gasteiger partial charge in [0, 0.05) is 37.8 Å². The van der Waals surface area contributed by atoms with Crippen LogP contribution < -0.4 is 10.1 Å². The molecule has 1 N–H and O–H groups in total. The van der Waals surface area contributed by atoms with Crippen molar-refractivity contribution in [1.29, 1.82) is 0 Å². The fourth-order valence-electron chi connectivity index (χ4n) is 2.02. The second-order valence-electron chi connectivity index (χ2n) is 5.17. The lowest BCUT2D eigenvalue weighted by Gasteiger charge is -2.13. The first-order chi connectivity index (χ1) is 9.29. The third-order valence-electron chi connectivity index (χ3n) is 3.27. The van der Waals surface area contributed by atoms with Gasteiger partial charge in [0.05, 0.1) is 6.61 Å². The first-order valence-corrected chi connectivity index (χ1v) is 7.33. The molecular formula is C16H25NO2. The average Bonchev–Trinajstić information content (AvgIpc) is 3.22. The molecule has 0 spiro atoms. The first kappa shape index (κ1) is 14.4. The van der Waals surface area contributed by atoms with Crippen molar-refractivity contribution >= 4 is 0 Å². The second kappa shape index (κ2) is 7.51. The molecule has 0 aromatic heterocycles. The van der Waals surface area contributed by atoms with E-state index in [-0.39, 0.29) is 0 Å². The molecule has 0 bridgehead atoms. The molecule has 0 atom stereocenters. The van der Waals surface area contributed by atoms with E-state index in [1.807, 2.05) is 6.92 Å². The number of aryl methyl sites for hydroxylation is 1. The quantitative estimate of drug-likeness (QED) is 0.695. The maximum atomic E-state index is 5.87. The highest BCUT2D eigenvalue weighted by molar-refractivity contribution is 5.37. The Hall–Kier alpha value is -1.06. The van der Waals surface area contributed by atoms with Gasteiger partial charge in [0.1, 0.15) is 5.75 Å². The van der Waals surface area contributed by atoms with Gasteiger partial charge in [-0.05, 0) is 32.8 Å². The van der Waals surface area contributed by atoms with E-state index in [1.54, 1.807) is 0 Å². The highest BCUT2D eigenvalue weighted by Gasteiger charge is 2.20. The van der Waals surface area contributed by atoms with E-state index in [1.165, 1.54) is 24.0 Å². The zero-order chi connectivity index (χ0) is 13.5. The van der Waals surface area contributed by atoms with Crippen LogP contribution in [0, 0.1) is 6.92 Å². The molecule has 1 aliphatic rings. The Labute approximate surface area is 116 Å². The molecule has 1 aliphatic carbocycles. The number of nitrogens with one attached hydrogen (secondary N) is 1. The van der Waals surface area contributed by atoms with Crippen LogP contribution >= 0.6 is 0 Å². The normalized spacial score (nSPS) is 14.6. The van der Waals surface area contributed by atoms with Crippen molar-refractivity contribution in [2.45, 2.75) is 45.7 Å². The molecule has 0 aliphatic heterocycles. The van der Waals surface area contributed by atoms with E-state index < -0.39 is 0 Å². The molecule has 2 rings (SSSR count). The summed E-state index contributed by atoms with van der Waals surface area (Å²) in [7, 11) is 0. The van der Waals surface area contributed by atoms with Crippen LogP contribution in [0.25, 0.3) is 0 Å². The maximum Gasteiger partial charge on any atom is 0.123 e.